The van der Waals surface area contributed by atoms with E-state index in [1.165, 1.54) is 12.1 Å². The van der Waals surface area contributed by atoms with Crippen molar-refractivity contribution in [3.8, 4) is 34.3 Å². The number of nitrogens with zero attached hydrogens (tertiary/aromatic N) is 3. The van der Waals surface area contributed by atoms with E-state index in [0.717, 1.165) is 5.56 Å². The molecule has 0 aliphatic rings. The van der Waals surface area contributed by atoms with Crippen molar-refractivity contribution >= 4 is 17.6 Å². The number of aromatic nitrogens is 3. The van der Waals surface area contributed by atoms with Gasteiger partial charge in [-0.25, -0.2) is 14.5 Å². The quantitative estimate of drug-likeness (QED) is 0.208. The maximum atomic E-state index is 13.7. The summed E-state index contributed by atoms with van der Waals surface area (Å²) in [5, 5.41) is 13.5. The van der Waals surface area contributed by atoms with Crippen molar-refractivity contribution < 1.29 is 32.5 Å². The largest absolute Gasteiger partial charge is 0.488 e. The van der Waals surface area contributed by atoms with Crippen LogP contribution in [0.15, 0.2) is 97.2 Å². The molecule has 0 saturated heterocycles. The Labute approximate surface area is 231 Å². The number of halogens is 4. The number of carboxylic acid groups (broad SMARTS) is 1. The maximum absolute atomic E-state index is 13.7. The van der Waals surface area contributed by atoms with Crippen LogP contribution in [0.4, 0.5) is 13.2 Å². The molecule has 0 unspecified atom stereocenters. The van der Waals surface area contributed by atoms with Gasteiger partial charge in [0.15, 0.2) is 11.5 Å². The molecule has 202 valence electrons. The van der Waals surface area contributed by atoms with Crippen molar-refractivity contribution in [1.29, 1.82) is 0 Å². The molecule has 40 heavy (non-hydrogen) atoms. The van der Waals surface area contributed by atoms with Crippen LogP contribution < -0.4 is 9.47 Å². The lowest BCUT2D eigenvalue weighted by molar-refractivity contribution is -0.143. The van der Waals surface area contributed by atoms with Gasteiger partial charge in [0.1, 0.15) is 29.4 Å². The molecule has 7 nitrogen and oxygen atoms in total. The molecule has 5 aromatic rings. The van der Waals surface area contributed by atoms with E-state index in [4.69, 9.17) is 21.1 Å². The topological polar surface area (TPSA) is 86.5 Å². The fourth-order valence-corrected chi connectivity index (χ4v) is 4.03. The zero-order valence-electron chi connectivity index (χ0n) is 20.5. The third-order valence-corrected chi connectivity index (χ3v) is 6.00. The van der Waals surface area contributed by atoms with Crippen LogP contribution in [0.2, 0.25) is 5.02 Å². The normalized spacial score (nSPS) is 11.3. The van der Waals surface area contributed by atoms with Gasteiger partial charge in [-0.3, -0.25) is 0 Å². The van der Waals surface area contributed by atoms with Crippen molar-refractivity contribution in [2.45, 2.75) is 12.8 Å². The molecule has 0 atom stereocenters. The van der Waals surface area contributed by atoms with Gasteiger partial charge in [0.05, 0.1) is 11.9 Å². The van der Waals surface area contributed by atoms with Gasteiger partial charge in [-0.1, -0.05) is 41.9 Å². The summed E-state index contributed by atoms with van der Waals surface area (Å²) in [5.74, 6) is -0.193. The number of carbonyl (C=O) groups is 1. The van der Waals surface area contributed by atoms with E-state index in [0.29, 0.717) is 44.4 Å². The highest BCUT2D eigenvalue weighted by molar-refractivity contribution is 6.30. The van der Waals surface area contributed by atoms with Gasteiger partial charge < -0.3 is 14.6 Å². The van der Waals surface area contributed by atoms with Crippen molar-refractivity contribution in [3.63, 3.8) is 0 Å². The van der Waals surface area contributed by atoms with E-state index in [9.17, 15) is 23.1 Å². The van der Waals surface area contributed by atoms with Gasteiger partial charge in [0.25, 0.3) is 0 Å². The van der Waals surface area contributed by atoms with Crippen molar-refractivity contribution in [3.05, 3.63) is 119 Å². The summed E-state index contributed by atoms with van der Waals surface area (Å²) in [5.41, 5.74) is -0.676. The van der Waals surface area contributed by atoms with Crippen LogP contribution in [-0.4, -0.2) is 25.8 Å². The number of hydrogen-bond donors (Lipinski definition) is 1. The first-order valence-electron chi connectivity index (χ1n) is 11.8. The van der Waals surface area contributed by atoms with Gasteiger partial charge >= 0.3 is 12.1 Å². The van der Waals surface area contributed by atoms with Crippen LogP contribution in [0.25, 0.3) is 17.1 Å². The average molecular weight is 566 g/mol. The SMILES string of the molecule is O=C(O)c1cnn(-c2cccc(-c3ccccc3OCc3ccc(Oc4ccc(Cl)cc4)cc3)n2)c1C(F)(F)F. The van der Waals surface area contributed by atoms with E-state index in [1.807, 2.05) is 12.1 Å². The molecule has 0 fully saturated rings. The minimum atomic E-state index is -4.96. The van der Waals surface area contributed by atoms with Gasteiger partial charge in [0, 0.05) is 10.6 Å². The number of carboxylic acids is 1. The summed E-state index contributed by atoms with van der Waals surface area (Å²) >= 11 is 5.90. The van der Waals surface area contributed by atoms with Crippen LogP contribution in [0.3, 0.4) is 0 Å². The third kappa shape index (κ3) is 5.92. The number of ether oxygens (including phenoxy) is 2. The van der Waals surface area contributed by atoms with Crippen molar-refractivity contribution in [2.24, 2.45) is 0 Å². The minimum Gasteiger partial charge on any atom is -0.488 e. The van der Waals surface area contributed by atoms with Gasteiger partial charge in [-0.05, 0) is 66.2 Å². The Morgan fingerprint density at radius 1 is 0.900 bits per heavy atom. The first-order chi connectivity index (χ1) is 19.2. The number of para-hydroxylation sites is 1. The molecule has 2 heterocycles. The van der Waals surface area contributed by atoms with E-state index >= 15 is 0 Å². The number of pyridine rings is 1. The van der Waals surface area contributed by atoms with Crippen LogP contribution in [0, 0.1) is 0 Å². The zero-order chi connectivity index (χ0) is 28.3. The molecule has 2 aromatic heterocycles. The van der Waals surface area contributed by atoms with Crippen LogP contribution in [0.5, 0.6) is 17.2 Å². The predicted octanol–water partition coefficient (Wildman–Crippen LogP) is 7.68. The molecular formula is C29H19ClF3N3O4. The van der Waals surface area contributed by atoms with E-state index in [1.54, 1.807) is 66.7 Å². The lowest BCUT2D eigenvalue weighted by Gasteiger charge is -2.14. The molecule has 0 bridgehead atoms. The lowest BCUT2D eigenvalue weighted by Crippen LogP contribution is -2.18. The van der Waals surface area contributed by atoms with Crippen LogP contribution >= 0.6 is 11.6 Å². The van der Waals surface area contributed by atoms with Crippen LogP contribution in [-0.2, 0) is 12.8 Å². The molecule has 5 rings (SSSR count). The highest BCUT2D eigenvalue weighted by Crippen LogP contribution is 2.35. The number of rotatable bonds is 8. The average Bonchev–Trinajstić information content (AvgIpc) is 3.41. The summed E-state index contributed by atoms with van der Waals surface area (Å²) in [6.07, 6.45) is -4.30. The smallest absolute Gasteiger partial charge is 0.434 e. The Hall–Kier alpha value is -4.83. The molecule has 0 aliphatic heterocycles. The molecule has 1 N–H and O–H groups in total. The number of benzene rings is 3. The number of hydrogen-bond acceptors (Lipinski definition) is 5. The molecular weight excluding hydrogens is 547 g/mol. The van der Waals surface area contributed by atoms with Crippen LogP contribution in [0.1, 0.15) is 21.6 Å². The Kier molecular flexibility index (Phi) is 7.43. The molecule has 0 spiro atoms. The number of aromatic carboxylic acids is 1. The second-order valence-electron chi connectivity index (χ2n) is 8.49. The van der Waals surface area contributed by atoms with E-state index in [2.05, 4.69) is 10.1 Å². The van der Waals surface area contributed by atoms with E-state index in [-0.39, 0.29) is 12.4 Å². The van der Waals surface area contributed by atoms with Crippen molar-refractivity contribution in [2.75, 3.05) is 0 Å². The molecule has 0 radical (unpaired) electrons. The third-order valence-electron chi connectivity index (χ3n) is 5.75. The summed E-state index contributed by atoms with van der Waals surface area (Å²) in [4.78, 5) is 15.7. The number of alkyl halides is 3. The lowest BCUT2D eigenvalue weighted by atomic mass is 10.1. The van der Waals surface area contributed by atoms with Gasteiger partial charge in [-0.15, -0.1) is 0 Å². The highest BCUT2D eigenvalue weighted by atomic mass is 35.5. The molecule has 3 aromatic carbocycles. The predicted molar refractivity (Wildman–Crippen MR) is 141 cm³/mol. The first-order valence-corrected chi connectivity index (χ1v) is 12.2. The standard InChI is InChI=1S/C29H19ClF3N3O4/c30-19-10-14-21(15-11-19)40-20-12-8-18(9-13-20)17-39-25-6-2-1-4-22(25)24-5-3-7-26(35-24)36-27(29(31,32)33)23(16-34-36)28(37)38/h1-16H,17H2,(H,37,38). The Bertz CT molecular complexity index is 1650. The Morgan fingerprint density at radius 2 is 1.57 bits per heavy atom. The maximum Gasteiger partial charge on any atom is 0.434 e. The summed E-state index contributed by atoms with van der Waals surface area (Å²) in [6, 6.07) is 25.7. The molecule has 0 amide bonds. The summed E-state index contributed by atoms with van der Waals surface area (Å²) in [6.45, 7) is 0.206. The fraction of sp³-hybridized carbons (Fsp3) is 0.0690. The van der Waals surface area contributed by atoms with Crippen molar-refractivity contribution in [1.82, 2.24) is 14.8 Å². The van der Waals surface area contributed by atoms with Gasteiger partial charge in [0.2, 0.25) is 0 Å². The fourth-order valence-electron chi connectivity index (χ4n) is 3.90. The summed E-state index contributed by atoms with van der Waals surface area (Å²) in [7, 11) is 0. The minimum absolute atomic E-state index is 0.191. The zero-order valence-corrected chi connectivity index (χ0v) is 21.2. The second-order valence-corrected chi connectivity index (χ2v) is 8.92. The molecule has 0 aliphatic carbocycles. The molecule has 0 saturated carbocycles. The van der Waals surface area contributed by atoms with Gasteiger partial charge in [-0.2, -0.15) is 18.3 Å². The summed E-state index contributed by atoms with van der Waals surface area (Å²) < 4.78 is 53.4. The molecule has 11 heteroatoms. The monoisotopic (exact) mass is 565 g/mol. The Morgan fingerprint density at radius 3 is 2.25 bits per heavy atom. The van der Waals surface area contributed by atoms with E-state index < -0.39 is 23.4 Å². The highest BCUT2D eigenvalue weighted by Gasteiger charge is 2.41. The Balaban J connectivity index is 1.36. The second kappa shape index (κ2) is 11.1. The first kappa shape index (κ1) is 26.8.